The Hall–Kier alpha value is -3.93. The number of halogens is 3. The Balaban J connectivity index is 1.53. The van der Waals surface area contributed by atoms with Gasteiger partial charge in [-0.3, -0.25) is 9.59 Å². The van der Waals surface area contributed by atoms with Gasteiger partial charge in [-0.1, -0.05) is 49.6 Å². The topological polar surface area (TPSA) is 121 Å². The fraction of sp³-hybridized carbons (Fsp3) is 0.345. The Kier molecular flexibility index (Phi) is 9.98. The highest BCUT2D eigenvalue weighted by Crippen LogP contribution is 2.38. The third-order valence-electron chi connectivity index (χ3n) is 6.71. The van der Waals surface area contributed by atoms with Gasteiger partial charge in [-0.25, -0.2) is 4.79 Å². The minimum Gasteiger partial charge on any atom is -0.481 e. The first-order valence-corrected chi connectivity index (χ1v) is 14.0. The minimum absolute atomic E-state index is 0.0618. The van der Waals surface area contributed by atoms with Crippen molar-refractivity contribution < 1.29 is 37.1 Å². The first kappa shape index (κ1) is 30.0. The van der Waals surface area contributed by atoms with Gasteiger partial charge in [-0.2, -0.15) is 13.2 Å². The van der Waals surface area contributed by atoms with E-state index >= 15 is 0 Å². The number of anilines is 1. The van der Waals surface area contributed by atoms with Crippen molar-refractivity contribution in [3.8, 4) is 0 Å². The largest absolute Gasteiger partial charge is 0.481 e. The van der Waals surface area contributed by atoms with Gasteiger partial charge in [0.25, 0.3) is 5.91 Å². The standard InChI is InChI=1S/C29H30F3N3O5S/c30-29(31,32)41-22-8-4-7-21(17-22)34-28(39)35-26(20-11-9-19(10-12-20)18-5-2-1-3-6-18)23-13-14-24(40-23)27(38)33-16-15-25(36)37/h4,7-14,17-18,26H,1-3,5-6,15-16H2,(H,33,38)(H,36,37)(H2,34,35,39). The van der Waals surface area contributed by atoms with Crippen molar-refractivity contribution in [1.82, 2.24) is 10.6 Å². The zero-order chi connectivity index (χ0) is 29.4. The summed E-state index contributed by atoms with van der Waals surface area (Å²) < 4.78 is 44.1. The van der Waals surface area contributed by atoms with Crippen molar-refractivity contribution in [3.63, 3.8) is 0 Å². The van der Waals surface area contributed by atoms with E-state index in [4.69, 9.17) is 9.52 Å². The highest BCUT2D eigenvalue weighted by Gasteiger charge is 2.29. The first-order valence-electron chi connectivity index (χ1n) is 13.2. The van der Waals surface area contributed by atoms with Gasteiger partial charge in [0.15, 0.2) is 5.76 Å². The first-order chi connectivity index (χ1) is 19.6. The number of carboxylic acid groups (broad SMARTS) is 1. The van der Waals surface area contributed by atoms with E-state index in [1.165, 1.54) is 61.2 Å². The van der Waals surface area contributed by atoms with Crippen molar-refractivity contribution in [2.24, 2.45) is 0 Å². The van der Waals surface area contributed by atoms with Gasteiger partial charge in [0, 0.05) is 17.1 Å². The van der Waals surface area contributed by atoms with Gasteiger partial charge in [-0.15, -0.1) is 0 Å². The molecule has 1 heterocycles. The van der Waals surface area contributed by atoms with Gasteiger partial charge in [0.1, 0.15) is 11.8 Å². The number of amides is 3. The van der Waals surface area contributed by atoms with Crippen LogP contribution in [0.4, 0.5) is 23.7 Å². The zero-order valence-corrected chi connectivity index (χ0v) is 22.8. The number of benzene rings is 2. The van der Waals surface area contributed by atoms with Gasteiger partial charge in [0.2, 0.25) is 0 Å². The van der Waals surface area contributed by atoms with E-state index in [9.17, 15) is 27.6 Å². The van der Waals surface area contributed by atoms with Crippen molar-refractivity contribution in [2.75, 3.05) is 11.9 Å². The highest BCUT2D eigenvalue weighted by molar-refractivity contribution is 8.00. The molecule has 1 aliphatic rings. The quantitative estimate of drug-likeness (QED) is 0.188. The lowest BCUT2D eigenvalue weighted by Crippen LogP contribution is -2.33. The summed E-state index contributed by atoms with van der Waals surface area (Å²) in [5.74, 6) is -1.00. The molecule has 4 N–H and O–H groups in total. The molecule has 4 rings (SSSR count). The summed E-state index contributed by atoms with van der Waals surface area (Å²) in [6, 6.07) is 14.6. The summed E-state index contributed by atoms with van der Waals surface area (Å²) in [5, 5.41) is 16.6. The Bertz CT molecular complexity index is 1350. The molecule has 0 radical (unpaired) electrons. The fourth-order valence-electron chi connectivity index (χ4n) is 4.78. The number of thioether (sulfide) groups is 1. The summed E-state index contributed by atoms with van der Waals surface area (Å²) in [6.07, 6.45) is 5.59. The lowest BCUT2D eigenvalue weighted by molar-refractivity contribution is -0.136. The van der Waals surface area contributed by atoms with Crippen LogP contribution in [-0.2, 0) is 4.79 Å². The van der Waals surface area contributed by atoms with Crippen LogP contribution in [-0.4, -0.2) is 35.1 Å². The second kappa shape index (κ2) is 13.6. The number of carboxylic acids is 1. The molecule has 3 aromatic rings. The molecule has 218 valence electrons. The maximum Gasteiger partial charge on any atom is 0.446 e. The molecule has 0 spiro atoms. The second-order valence-electron chi connectivity index (χ2n) is 9.71. The Morgan fingerprint density at radius 1 is 1.00 bits per heavy atom. The van der Waals surface area contributed by atoms with E-state index in [1.54, 1.807) is 0 Å². The Morgan fingerprint density at radius 3 is 2.41 bits per heavy atom. The lowest BCUT2D eigenvalue weighted by Gasteiger charge is -2.23. The molecule has 1 fully saturated rings. The molecule has 8 nitrogen and oxygen atoms in total. The molecule has 1 aromatic heterocycles. The maximum atomic E-state index is 13.0. The number of aliphatic carboxylic acids is 1. The van der Waals surface area contributed by atoms with Crippen molar-refractivity contribution >= 4 is 35.4 Å². The predicted molar refractivity (Wildman–Crippen MR) is 148 cm³/mol. The molecule has 0 bridgehead atoms. The number of carbonyl (C=O) groups excluding carboxylic acids is 2. The number of rotatable bonds is 10. The van der Waals surface area contributed by atoms with E-state index < -0.39 is 29.5 Å². The third kappa shape index (κ3) is 9.04. The monoisotopic (exact) mass is 589 g/mol. The van der Waals surface area contributed by atoms with Crippen molar-refractivity contribution in [2.45, 2.75) is 60.9 Å². The fourth-order valence-corrected chi connectivity index (χ4v) is 5.38. The van der Waals surface area contributed by atoms with Gasteiger partial charge < -0.3 is 25.5 Å². The molecule has 0 saturated heterocycles. The number of alkyl halides is 3. The Morgan fingerprint density at radius 2 is 1.73 bits per heavy atom. The average molecular weight is 590 g/mol. The summed E-state index contributed by atoms with van der Waals surface area (Å²) >= 11 is -0.282. The van der Waals surface area contributed by atoms with Crippen LogP contribution in [0.15, 0.2) is 70.0 Å². The number of hydrogen-bond acceptors (Lipinski definition) is 5. The van der Waals surface area contributed by atoms with Crippen LogP contribution in [0.3, 0.4) is 0 Å². The minimum atomic E-state index is -4.47. The van der Waals surface area contributed by atoms with E-state index in [0.29, 0.717) is 11.5 Å². The molecule has 0 aliphatic heterocycles. The maximum absolute atomic E-state index is 13.0. The lowest BCUT2D eigenvalue weighted by atomic mass is 9.83. The number of furan rings is 1. The summed E-state index contributed by atoms with van der Waals surface area (Å²) in [5.41, 5.74) is -2.42. The number of nitrogens with one attached hydrogen (secondary N) is 3. The third-order valence-corrected chi connectivity index (χ3v) is 7.43. The van der Waals surface area contributed by atoms with Crippen molar-refractivity contribution in [1.29, 1.82) is 0 Å². The van der Waals surface area contributed by atoms with Crippen LogP contribution in [0, 0.1) is 0 Å². The van der Waals surface area contributed by atoms with E-state index in [0.717, 1.165) is 12.8 Å². The molecule has 1 unspecified atom stereocenters. The Labute approximate surface area is 239 Å². The predicted octanol–water partition coefficient (Wildman–Crippen LogP) is 7.05. The normalized spacial score (nSPS) is 14.7. The van der Waals surface area contributed by atoms with Crippen LogP contribution >= 0.6 is 11.8 Å². The van der Waals surface area contributed by atoms with Crippen LogP contribution < -0.4 is 16.0 Å². The van der Waals surface area contributed by atoms with Gasteiger partial charge in [0.05, 0.1) is 6.42 Å². The summed E-state index contributed by atoms with van der Waals surface area (Å²) in [4.78, 5) is 36.1. The average Bonchev–Trinajstić information content (AvgIpc) is 3.42. The molecule has 2 aromatic carbocycles. The SMILES string of the molecule is O=C(O)CCNC(=O)c1ccc(C(NC(=O)Nc2cccc(SC(F)(F)F)c2)c2ccc(C3CCCCC3)cc2)o1. The molecule has 1 atom stereocenters. The van der Waals surface area contributed by atoms with E-state index in [2.05, 4.69) is 16.0 Å². The van der Waals surface area contributed by atoms with Crippen LogP contribution in [0.2, 0.25) is 0 Å². The van der Waals surface area contributed by atoms with Crippen LogP contribution in [0.1, 0.15) is 77.9 Å². The molecule has 12 heteroatoms. The number of carbonyl (C=O) groups is 3. The van der Waals surface area contributed by atoms with E-state index in [-0.39, 0.29) is 46.8 Å². The molecule has 1 saturated carbocycles. The van der Waals surface area contributed by atoms with Crippen molar-refractivity contribution in [3.05, 3.63) is 83.3 Å². The molecule has 1 aliphatic carbocycles. The van der Waals surface area contributed by atoms with E-state index in [1.807, 2.05) is 24.3 Å². The molecular weight excluding hydrogens is 559 g/mol. The second-order valence-corrected chi connectivity index (χ2v) is 10.8. The van der Waals surface area contributed by atoms with Gasteiger partial charge in [-0.05, 0) is 72.0 Å². The van der Waals surface area contributed by atoms with Gasteiger partial charge >= 0.3 is 17.5 Å². The molecule has 41 heavy (non-hydrogen) atoms. The number of hydrogen-bond donors (Lipinski definition) is 4. The van der Waals surface area contributed by atoms with Crippen LogP contribution in [0.5, 0.6) is 0 Å². The molecule has 3 amide bonds. The zero-order valence-electron chi connectivity index (χ0n) is 22.0. The summed E-state index contributed by atoms with van der Waals surface area (Å²) in [7, 11) is 0. The summed E-state index contributed by atoms with van der Waals surface area (Å²) in [6.45, 7) is -0.0808. The highest BCUT2D eigenvalue weighted by atomic mass is 32.2. The smallest absolute Gasteiger partial charge is 0.446 e. The molecular formula is C29H30F3N3O5S. The van der Waals surface area contributed by atoms with Crippen LogP contribution in [0.25, 0.3) is 0 Å². The number of urea groups is 1.